The normalized spacial score (nSPS) is 20.0. The van der Waals surface area contributed by atoms with Gasteiger partial charge in [-0.15, -0.1) is 0 Å². The van der Waals surface area contributed by atoms with Gasteiger partial charge < -0.3 is 26.4 Å². The number of nitrogens with one attached hydrogen (secondary N) is 3. The topological polar surface area (TPSA) is 123 Å². The predicted molar refractivity (Wildman–Crippen MR) is 142 cm³/mol. The van der Waals surface area contributed by atoms with Crippen molar-refractivity contribution in [2.45, 2.75) is 77.0 Å². The van der Waals surface area contributed by atoms with Crippen molar-refractivity contribution in [1.29, 1.82) is 0 Å². The molecule has 2 amide bonds. The molecule has 2 saturated carbocycles. The van der Waals surface area contributed by atoms with Gasteiger partial charge in [-0.2, -0.15) is 5.10 Å². The van der Waals surface area contributed by atoms with E-state index in [1.807, 2.05) is 45.9 Å². The summed E-state index contributed by atoms with van der Waals surface area (Å²) in [5.74, 6) is 1.45. The maximum Gasteiger partial charge on any atom is 0.270 e. The Morgan fingerprint density at radius 2 is 1.86 bits per heavy atom. The molecule has 9 heteroatoms. The molecule has 37 heavy (non-hydrogen) atoms. The van der Waals surface area contributed by atoms with E-state index < -0.39 is 6.04 Å². The van der Waals surface area contributed by atoms with Crippen molar-refractivity contribution in [3.05, 3.63) is 41.7 Å². The van der Waals surface area contributed by atoms with Crippen LogP contribution in [0.4, 0.5) is 5.69 Å². The molecule has 2 aliphatic carbocycles. The van der Waals surface area contributed by atoms with Gasteiger partial charge in [-0.05, 0) is 83.3 Å². The lowest BCUT2D eigenvalue weighted by molar-refractivity contribution is -0.119. The van der Waals surface area contributed by atoms with Gasteiger partial charge in [-0.25, -0.2) is 0 Å². The molecule has 5 N–H and O–H groups in total. The molecule has 9 nitrogen and oxygen atoms in total. The minimum atomic E-state index is -0.599. The number of aromatic nitrogens is 2. The fraction of sp³-hybridized carbons (Fsp3) is 0.607. The number of nitrogens with zero attached hydrogens (tertiary/aromatic N) is 2. The average molecular weight is 509 g/mol. The summed E-state index contributed by atoms with van der Waals surface area (Å²) < 4.78 is 7.61. The van der Waals surface area contributed by atoms with Gasteiger partial charge in [0.05, 0.1) is 6.04 Å². The fourth-order valence-electron chi connectivity index (χ4n) is 5.41. The standard InChI is InChI=1S/C28H40N6O3/c1-16(2)34-22(11-12-31-34)26(35)33-25(24(17-5-6-17)18-7-8-18)27(36)32-19-9-10-20-21(14-37-23(20)13-19)30-15-28(3,4)29/h9-13,16-18,21,24-25,30H,5-8,14-15,29H2,1-4H3,(H,32,36)(H,33,35)/t21-,25+/m1/s1. The molecule has 0 saturated heterocycles. The zero-order chi connectivity index (χ0) is 26.3. The van der Waals surface area contributed by atoms with Gasteiger partial charge in [-0.3, -0.25) is 14.3 Å². The fourth-order valence-corrected chi connectivity index (χ4v) is 5.41. The predicted octanol–water partition coefficient (Wildman–Crippen LogP) is 3.40. The second-order valence-electron chi connectivity index (χ2n) is 11.9. The summed E-state index contributed by atoms with van der Waals surface area (Å²) >= 11 is 0. The average Bonchev–Trinajstić information content (AvgIpc) is 3.76. The summed E-state index contributed by atoms with van der Waals surface area (Å²) in [6.07, 6.45) is 6.10. The van der Waals surface area contributed by atoms with E-state index in [0.29, 0.717) is 36.4 Å². The number of amides is 2. The molecule has 0 radical (unpaired) electrons. The van der Waals surface area contributed by atoms with Gasteiger partial charge in [0.1, 0.15) is 24.1 Å². The van der Waals surface area contributed by atoms with Crippen molar-refractivity contribution >= 4 is 17.5 Å². The Labute approximate surface area is 218 Å². The van der Waals surface area contributed by atoms with Gasteiger partial charge in [0.15, 0.2) is 0 Å². The van der Waals surface area contributed by atoms with Gasteiger partial charge in [0.2, 0.25) is 5.91 Å². The molecule has 0 spiro atoms. The van der Waals surface area contributed by atoms with Crippen LogP contribution in [0.2, 0.25) is 0 Å². The Hall–Kier alpha value is -2.91. The lowest BCUT2D eigenvalue weighted by Crippen LogP contribution is -2.50. The van der Waals surface area contributed by atoms with Crippen LogP contribution in [0.15, 0.2) is 30.5 Å². The lowest BCUT2D eigenvalue weighted by atomic mass is 9.88. The number of anilines is 1. The minimum Gasteiger partial charge on any atom is -0.491 e. The monoisotopic (exact) mass is 508 g/mol. The summed E-state index contributed by atoms with van der Waals surface area (Å²) in [7, 11) is 0. The molecule has 1 aliphatic heterocycles. The number of hydrogen-bond acceptors (Lipinski definition) is 6. The summed E-state index contributed by atoms with van der Waals surface area (Å²) in [5, 5.41) is 13.9. The van der Waals surface area contributed by atoms with Crippen LogP contribution in [-0.2, 0) is 4.79 Å². The Balaban J connectivity index is 1.32. The van der Waals surface area contributed by atoms with E-state index >= 15 is 0 Å². The van der Waals surface area contributed by atoms with Crippen molar-refractivity contribution in [3.63, 3.8) is 0 Å². The number of hydrogen-bond donors (Lipinski definition) is 4. The second-order valence-corrected chi connectivity index (χ2v) is 11.9. The third-order valence-electron chi connectivity index (χ3n) is 7.54. The minimum absolute atomic E-state index is 0.0475. The number of nitrogens with two attached hydrogens (primary N) is 1. The highest BCUT2D eigenvalue weighted by Crippen LogP contribution is 2.51. The van der Waals surface area contributed by atoms with Crippen molar-refractivity contribution in [2.75, 3.05) is 18.5 Å². The highest BCUT2D eigenvalue weighted by atomic mass is 16.5. The molecular formula is C28H40N6O3. The summed E-state index contributed by atoms with van der Waals surface area (Å²) in [6.45, 7) is 9.13. The Bertz CT molecular complexity index is 1130. The lowest BCUT2D eigenvalue weighted by Gasteiger charge is -2.28. The number of rotatable bonds is 11. The molecule has 200 valence electrons. The van der Waals surface area contributed by atoms with Crippen molar-refractivity contribution in [1.82, 2.24) is 20.4 Å². The first kappa shape index (κ1) is 25.7. The van der Waals surface area contributed by atoms with E-state index in [4.69, 9.17) is 10.5 Å². The van der Waals surface area contributed by atoms with Gasteiger partial charge in [-0.1, -0.05) is 6.07 Å². The molecule has 2 heterocycles. The number of benzene rings is 1. The molecular weight excluding hydrogens is 468 g/mol. The number of carbonyl (C=O) groups is 2. The van der Waals surface area contributed by atoms with E-state index in [0.717, 1.165) is 37.0 Å². The quantitative estimate of drug-likeness (QED) is 0.369. The van der Waals surface area contributed by atoms with E-state index in [2.05, 4.69) is 21.0 Å². The zero-order valence-electron chi connectivity index (χ0n) is 22.3. The summed E-state index contributed by atoms with van der Waals surface area (Å²) in [4.78, 5) is 27.0. The SMILES string of the molecule is CC(C)n1nccc1C(=O)N[C@H](C(=O)Nc1ccc2c(c1)OC[C@H]2NCC(C)(C)N)C(C1CC1)C1CC1. The summed E-state index contributed by atoms with van der Waals surface area (Å²) in [5.41, 5.74) is 8.00. The number of fused-ring (bicyclic) bond motifs is 1. The van der Waals surface area contributed by atoms with Crippen LogP contribution in [0.1, 0.15) is 81.5 Å². The third kappa shape index (κ3) is 5.99. The maximum absolute atomic E-state index is 13.7. The van der Waals surface area contributed by atoms with E-state index in [9.17, 15) is 9.59 Å². The van der Waals surface area contributed by atoms with Crippen molar-refractivity contribution in [2.24, 2.45) is 23.5 Å². The Kier molecular flexibility index (Phi) is 7.02. The van der Waals surface area contributed by atoms with E-state index in [1.54, 1.807) is 16.9 Å². The second kappa shape index (κ2) is 10.1. The van der Waals surface area contributed by atoms with Crippen LogP contribution in [0.3, 0.4) is 0 Å². The van der Waals surface area contributed by atoms with Crippen LogP contribution in [-0.4, -0.2) is 46.3 Å². The first-order valence-electron chi connectivity index (χ1n) is 13.5. The van der Waals surface area contributed by atoms with Crippen LogP contribution >= 0.6 is 0 Å². The van der Waals surface area contributed by atoms with Crippen molar-refractivity contribution in [3.8, 4) is 5.75 Å². The first-order valence-corrected chi connectivity index (χ1v) is 13.5. The third-order valence-corrected chi connectivity index (χ3v) is 7.54. The van der Waals surface area contributed by atoms with Crippen LogP contribution in [0, 0.1) is 17.8 Å². The molecule has 2 aromatic rings. The van der Waals surface area contributed by atoms with Crippen molar-refractivity contribution < 1.29 is 14.3 Å². The number of ether oxygens (including phenoxy) is 1. The highest BCUT2D eigenvalue weighted by Gasteiger charge is 2.48. The molecule has 0 unspecified atom stereocenters. The smallest absolute Gasteiger partial charge is 0.270 e. The molecule has 2 fully saturated rings. The van der Waals surface area contributed by atoms with E-state index in [1.165, 1.54) is 0 Å². The molecule has 3 aliphatic rings. The van der Waals surface area contributed by atoms with Gasteiger partial charge in [0.25, 0.3) is 5.91 Å². The number of carbonyl (C=O) groups excluding carboxylic acids is 2. The molecule has 0 bridgehead atoms. The van der Waals surface area contributed by atoms with Crippen LogP contribution in [0.25, 0.3) is 0 Å². The maximum atomic E-state index is 13.7. The molecule has 5 rings (SSSR count). The van der Waals surface area contributed by atoms with E-state index in [-0.39, 0.29) is 35.4 Å². The summed E-state index contributed by atoms with van der Waals surface area (Å²) in [6, 6.07) is 7.00. The highest BCUT2D eigenvalue weighted by molar-refractivity contribution is 6.01. The van der Waals surface area contributed by atoms with Crippen LogP contribution in [0.5, 0.6) is 5.75 Å². The van der Waals surface area contributed by atoms with Gasteiger partial charge >= 0.3 is 0 Å². The Morgan fingerprint density at radius 1 is 1.16 bits per heavy atom. The first-order chi connectivity index (χ1) is 17.6. The zero-order valence-corrected chi connectivity index (χ0v) is 22.3. The van der Waals surface area contributed by atoms with Gasteiger partial charge in [0, 0.05) is 41.6 Å². The molecule has 2 atom stereocenters. The molecule has 1 aromatic carbocycles. The van der Waals surface area contributed by atoms with Crippen LogP contribution < -0.4 is 26.4 Å². The molecule has 1 aromatic heterocycles. The Morgan fingerprint density at radius 3 is 2.49 bits per heavy atom. The largest absolute Gasteiger partial charge is 0.491 e.